The number of nitrogens with two attached hydrogens (primary N) is 1. The van der Waals surface area contributed by atoms with Crippen LogP contribution >= 0.6 is 0 Å². The molecule has 0 radical (unpaired) electrons. The van der Waals surface area contributed by atoms with Crippen LogP contribution in [0.1, 0.15) is 31.2 Å². The fourth-order valence-electron chi connectivity index (χ4n) is 4.18. The zero-order valence-corrected chi connectivity index (χ0v) is 16.1. The zero-order valence-electron chi connectivity index (χ0n) is 16.1. The summed E-state index contributed by atoms with van der Waals surface area (Å²) in [5, 5.41) is 0. The minimum atomic E-state index is 0.236. The number of piperazine rings is 1. The first kappa shape index (κ1) is 19.3. The number of carbonyl (C=O) groups is 1. The highest BCUT2D eigenvalue weighted by Gasteiger charge is 2.29. The Balaban J connectivity index is 1.34. The monoisotopic (exact) mass is 358 g/mol. The van der Waals surface area contributed by atoms with Crippen LogP contribution in [0.4, 0.5) is 0 Å². The van der Waals surface area contributed by atoms with Gasteiger partial charge in [0, 0.05) is 58.3 Å². The molecule has 26 heavy (non-hydrogen) atoms. The van der Waals surface area contributed by atoms with Crippen LogP contribution in [0.25, 0.3) is 0 Å². The second-order valence-corrected chi connectivity index (χ2v) is 8.00. The van der Waals surface area contributed by atoms with Gasteiger partial charge >= 0.3 is 0 Å². The molecule has 0 spiro atoms. The van der Waals surface area contributed by atoms with Crippen LogP contribution in [0.2, 0.25) is 0 Å². The van der Waals surface area contributed by atoms with Gasteiger partial charge in [0.25, 0.3) is 0 Å². The van der Waals surface area contributed by atoms with Gasteiger partial charge in [0.15, 0.2) is 0 Å². The maximum Gasteiger partial charge on any atom is 0.222 e. The van der Waals surface area contributed by atoms with Gasteiger partial charge in [-0.3, -0.25) is 9.69 Å². The number of rotatable bonds is 7. The molecule has 0 aromatic heterocycles. The van der Waals surface area contributed by atoms with E-state index in [0.717, 1.165) is 58.7 Å². The van der Waals surface area contributed by atoms with Crippen molar-refractivity contribution >= 4 is 5.91 Å². The van der Waals surface area contributed by atoms with E-state index in [-0.39, 0.29) is 6.04 Å². The Labute approximate surface area is 158 Å². The molecule has 1 heterocycles. The van der Waals surface area contributed by atoms with Crippen molar-refractivity contribution in [1.82, 2.24) is 14.7 Å². The van der Waals surface area contributed by atoms with E-state index >= 15 is 0 Å². The molecule has 144 valence electrons. The smallest absolute Gasteiger partial charge is 0.222 e. The number of hydrogen-bond acceptors (Lipinski definition) is 4. The Morgan fingerprint density at radius 1 is 1.15 bits per heavy atom. The first-order valence-electron chi connectivity index (χ1n) is 10.1. The number of nitrogens with zero attached hydrogens (tertiary/aromatic N) is 3. The summed E-state index contributed by atoms with van der Waals surface area (Å²) in [6.07, 6.45) is 4.05. The van der Waals surface area contributed by atoms with E-state index in [0.29, 0.717) is 18.2 Å². The van der Waals surface area contributed by atoms with E-state index in [4.69, 9.17) is 5.73 Å². The maximum absolute atomic E-state index is 12.5. The lowest BCUT2D eigenvalue weighted by Crippen LogP contribution is -2.50. The van der Waals surface area contributed by atoms with Gasteiger partial charge in [-0.15, -0.1) is 0 Å². The molecule has 2 aliphatic rings. The van der Waals surface area contributed by atoms with Crippen LogP contribution < -0.4 is 5.73 Å². The van der Waals surface area contributed by atoms with Gasteiger partial charge < -0.3 is 15.5 Å². The van der Waals surface area contributed by atoms with Crippen molar-refractivity contribution in [1.29, 1.82) is 0 Å². The third-order valence-electron chi connectivity index (χ3n) is 5.97. The van der Waals surface area contributed by atoms with E-state index in [1.54, 1.807) is 0 Å². The average molecular weight is 359 g/mol. The Kier molecular flexibility index (Phi) is 7.06. The number of hydrogen-bond donors (Lipinski definition) is 1. The van der Waals surface area contributed by atoms with E-state index in [1.165, 1.54) is 12.0 Å². The average Bonchev–Trinajstić information content (AvgIpc) is 3.06. The Morgan fingerprint density at radius 2 is 1.88 bits per heavy atom. The van der Waals surface area contributed by atoms with Gasteiger partial charge in [-0.1, -0.05) is 36.8 Å². The van der Waals surface area contributed by atoms with Crippen molar-refractivity contribution in [2.24, 2.45) is 11.7 Å². The van der Waals surface area contributed by atoms with Crippen molar-refractivity contribution in [2.45, 2.75) is 38.3 Å². The Hall–Kier alpha value is -1.43. The van der Waals surface area contributed by atoms with Gasteiger partial charge in [0.1, 0.15) is 0 Å². The van der Waals surface area contributed by atoms with E-state index in [9.17, 15) is 4.79 Å². The number of carbonyl (C=O) groups excluding carboxylic acids is 1. The summed E-state index contributed by atoms with van der Waals surface area (Å²) < 4.78 is 0. The Morgan fingerprint density at radius 3 is 2.54 bits per heavy atom. The summed E-state index contributed by atoms with van der Waals surface area (Å²) in [5.74, 6) is 0.723. The quantitative estimate of drug-likeness (QED) is 0.807. The normalized spacial score (nSPS) is 24.3. The van der Waals surface area contributed by atoms with Crippen molar-refractivity contribution in [3.8, 4) is 0 Å². The van der Waals surface area contributed by atoms with Crippen molar-refractivity contribution in [2.75, 3.05) is 46.3 Å². The largest absolute Gasteiger partial charge is 0.340 e. The van der Waals surface area contributed by atoms with E-state index in [1.807, 2.05) is 0 Å². The minimum Gasteiger partial charge on any atom is -0.340 e. The third-order valence-corrected chi connectivity index (χ3v) is 5.97. The molecule has 2 fully saturated rings. The molecule has 1 saturated heterocycles. The summed E-state index contributed by atoms with van der Waals surface area (Å²) >= 11 is 0. The number of benzene rings is 1. The van der Waals surface area contributed by atoms with Gasteiger partial charge in [0.2, 0.25) is 5.91 Å². The lowest BCUT2D eigenvalue weighted by molar-refractivity contribution is -0.134. The van der Waals surface area contributed by atoms with E-state index in [2.05, 4.69) is 52.1 Å². The molecule has 2 N–H and O–H groups in total. The van der Waals surface area contributed by atoms with Crippen LogP contribution in [0, 0.1) is 5.92 Å². The van der Waals surface area contributed by atoms with E-state index < -0.39 is 0 Å². The van der Waals surface area contributed by atoms with Gasteiger partial charge in [-0.25, -0.2) is 0 Å². The fourth-order valence-corrected chi connectivity index (χ4v) is 4.18. The van der Waals surface area contributed by atoms with Crippen LogP contribution in [0.5, 0.6) is 0 Å². The van der Waals surface area contributed by atoms with Crippen LogP contribution in [0.15, 0.2) is 30.3 Å². The lowest BCUT2D eigenvalue weighted by atomic mass is 9.99. The first-order chi connectivity index (χ1) is 12.6. The van der Waals surface area contributed by atoms with Gasteiger partial charge in [-0.05, 0) is 31.4 Å². The highest BCUT2D eigenvalue weighted by Crippen LogP contribution is 2.27. The van der Waals surface area contributed by atoms with Gasteiger partial charge in [-0.2, -0.15) is 0 Å². The SMILES string of the molecule is CN(CCN1CCN(C(=O)C[C@@H]2CCC[C@H]2N)CC1)Cc1ccccc1. The van der Waals surface area contributed by atoms with Gasteiger partial charge in [0.05, 0.1) is 0 Å². The predicted molar refractivity (Wildman–Crippen MR) is 106 cm³/mol. The molecule has 1 aromatic carbocycles. The molecule has 1 aliphatic carbocycles. The highest BCUT2D eigenvalue weighted by molar-refractivity contribution is 5.76. The van der Waals surface area contributed by atoms with Crippen LogP contribution in [-0.2, 0) is 11.3 Å². The second kappa shape index (κ2) is 9.49. The molecule has 0 unspecified atom stereocenters. The number of amides is 1. The molecule has 5 heteroatoms. The summed E-state index contributed by atoms with van der Waals surface area (Å²) in [6.45, 7) is 6.81. The van der Waals surface area contributed by atoms with Crippen molar-refractivity contribution in [3.05, 3.63) is 35.9 Å². The second-order valence-electron chi connectivity index (χ2n) is 8.00. The maximum atomic E-state index is 12.5. The fraction of sp³-hybridized carbons (Fsp3) is 0.667. The zero-order chi connectivity index (χ0) is 18.4. The molecule has 2 atom stereocenters. The molecule has 3 rings (SSSR count). The summed E-state index contributed by atoms with van der Waals surface area (Å²) in [4.78, 5) is 19.4. The first-order valence-corrected chi connectivity index (χ1v) is 10.1. The van der Waals surface area contributed by atoms with Crippen LogP contribution in [-0.4, -0.2) is 73.0 Å². The topological polar surface area (TPSA) is 52.8 Å². The molecular formula is C21H34N4O. The molecule has 1 amide bonds. The van der Waals surface area contributed by atoms with Crippen molar-refractivity contribution in [3.63, 3.8) is 0 Å². The lowest BCUT2D eigenvalue weighted by Gasteiger charge is -2.36. The highest BCUT2D eigenvalue weighted by atomic mass is 16.2. The number of likely N-dealkylation sites (N-methyl/N-ethyl adjacent to an activating group) is 1. The molecular weight excluding hydrogens is 324 g/mol. The molecule has 1 aromatic rings. The summed E-state index contributed by atoms with van der Waals surface area (Å²) in [6, 6.07) is 10.8. The van der Waals surface area contributed by atoms with Crippen LogP contribution in [0.3, 0.4) is 0 Å². The molecule has 1 aliphatic heterocycles. The third kappa shape index (κ3) is 5.53. The van der Waals surface area contributed by atoms with Crippen molar-refractivity contribution < 1.29 is 4.79 Å². The molecule has 5 nitrogen and oxygen atoms in total. The standard InChI is InChI=1S/C21H34N4O/c1-23(17-18-6-3-2-4-7-18)10-11-24-12-14-25(15-13-24)21(26)16-19-8-5-9-20(19)22/h2-4,6-7,19-20H,5,8-17,22H2,1H3/t19-,20+/m0/s1. The minimum absolute atomic E-state index is 0.236. The summed E-state index contributed by atoms with van der Waals surface area (Å²) in [7, 11) is 2.18. The molecule has 1 saturated carbocycles. The molecule has 0 bridgehead atoms. The Bertz CT molecular complexity index is 556. The predicted octanol–water partition coefficient (Wildman–Crippen LogP) is 1.78. The summed E-state index contributed by atoms with van der Waals surface area (Å²) in [5.41, 5.74) is 7.48.